The first-order valence-corrected chi connectivity index (χ1v) is 6.36. The minimum Gasteiger partial charge on any atom is -0.469 e. The lowest BCUT2D eigenvalue weighted by Crippen LogP contribution is -1.88. The zero-order valence-electron chi connectivity index (χ0n) is 14.1. The van der Waals surface area contributed by atoms with Crippen LogP contribution < -0.4 is 0 Å². The predicted octanol–water partition coefficient (Wildman–Crippen LogP) is 3.67. The zero-order chi connectivity index (χ0) is 16.8. The van der Waals surface area contributed by atoms with Crippen molar-refractivity contribution < 1.29 is 19.1 Å². The average molecular weight is 286 g/mol. The van der Waals surface area contributed by atoms with Crippen molar-refractivity contribution >= 4 is 12.3 Å². The molecule has 1 aromatic carbocycles. The third-order valence-electron chi connectivity index (χ3n) is 1.23. The van der Waals surface area contributed by atoms with Crippen molar-refractivity contribution in [3.8, 4) is 0 Å². The molecule has 0 bridgehead atoms. The van der Waals surface area contributed by atoms with Crippen LogP contribution in [-0.4, -0.2) is 33.6 Å². The number of aldehydes is 1. The van der Waals surface area contributed by atoms with E-state index < -0.39 is 0 Å². The third-order valence-corrected chi connectivity index (χ3v) is 1.23. The number of ether oxygens (including phenoxy) is 2. The SMILES string of the molecule is CC.CC=O.COC.COC(C)=O.Cc1ccccc1. The van der Waals surface area contributed by atoms with Crippen LogP contribution in [0.4, 0.5) is 0 Å². The summed E-state index contributed by atoms with van der Waals surface area (Å²) >= 11 is 0. The number of hydrogen-bond donors (Lipinski definition) is 0. The van der Waals surface area contributed by atoms with Gasteiger partial charge in [-0.15, -0.1) is 0 Å². The van der Waals surface area contributed by atoms with E-state index in [4.69, 9.17) is 4.79 Å². The Balaban J connectivity index is -0.0000000877. The minimum atomic E-state index is -0.245. The lowest BCUT2D eigenvalue weighted by Gasteiger charge is -1.82. The fraction of sp³-hybridized carbons (Fsp3) is 0.500. The molecular formula is C16H30O4. The number of carbonyl (C=O) groups excluding carboxylic acids is 2. The van der Waals surface area contributed by atoms with E-state index in [1.165, 1.54) is 26.5 Å². The Morgan fingerprint density at radius 3 is 1.40 bits per heavy atom. The van der Waals surface area contributed by atoms with E-state index in [0.717, 1.165) is 6.29 Å². The molecule has 0 N–H and O–H groups in total. The van der Waals surface area contributed by atoms with Gasteiger partial charge in [-0.25, -0.2) is 0 Å². The van der Waals surface area contributed by atoms with Crippen LogP contribution in [-0.2, 0) is 19.1 Å². The fourth-order valence-corrected chi connectivity index (χ4v) is 0.534. The molecule has 0 aromatic heterocycles. The molecule has 0 atom stereocenters. The van der Waals surface area contributed by atoms with Crippen molar-refractivity contribution in [1.29, 1.82) is 0 Å². The molecule has 0 saturated heterocycles. The van der Waals surface area contributed by atoms with Gasteiger partial charge in [-0.05, 0) is 13.8 Å². The molecule has 0 saturated carbocycles. The van der Waals surface area contributed by atoms with Gasteiger partial charge in [0.15, 0.2) is 0 Å². The standard InChI is InChI=1S/C7H8.C3H6O2.C2H6O.C2H4O.C2H6/c1-7-5-3-2-4-6-7;1-3(4)5-2;1-3-2;1-2-3;1-2/h2-6H,1H3;1-2H3;1-2H3;2H,1H3;1-2H3. The van der Waals surface area contributed by atoms with Gasteiger partial charge in [-0.1, -0.05) is 49.7 Å². The van der Waals surface area contributed by atoms with Gasteiger partial charge in [-0.3, -0.25) is 4.79 Å². The number of aryl methyl sites for hydroxylation is 1. The van der Waals surface area contributed by atoms with Crippen LogP contribution in [0.3, 0.4) is 0 Å². The van der Waals surface area contributed by atoms with E-state index in [2.05, 4.69) is 28.5 Å². The number of rotatable bonds is 0. The Kier molecular flexibility index (Phi) is 40.7. The van der Waals surface area contributed by atoms with Crippen LogP contribution in [0.2, 0.25) is 0 Å². The lowest BCUT2D eigenvalue weighted by atomic mass is 10.2. The first-order chi connectivity index (χ1) is 9.49. The summed E-state index contributed by atoms with van der Waals surface area (Å²) in [6, 6.07) is 10.3. The molecule has 4 nitrogen and oxygen atoms in total. The molecule has 118 valence electrons. The normalized spacial score (nSPS) is 6.60. The molecule has 0 amide bonds. The van der Waals surface area contributed by atoms with Crippen molar-refractivity contribution in [2.75, 3.05) is 21.3 Å². The Morgan fingerprint density at radius 1 is 1.05 bits per heavy atom. The summed E-state index contributed by atoms with van der Waals surface area (Å²) in [4.78, 5) is 18.4. The summed E-state index contributed by atoms with van der Waals surface area (Å²) in [6.45, 7) is 8.89. The van der Waals surface area contributed by atoms with Crippen molar-refractivity contribution in [3.63, 3.8) is 0 Å². The molecule has 0 aliphatic heterocycles. The Labute approximate surface area is 124 Å². The second-order valence-corrected chi connectivity index (χ2v) is 2.99. The van der Waals surface area contributed by atoms with E-state index in [0.29, 0.717) is 0 Å². The fourth-order valence-electron chi connectivity index (χ4n) is 0.534. The summed E-state index contributed by atoms with van der Waals surface area (Å²) in [5.74, 6) is -0.245. The molecule has 0 aliphatic rings. The minimum absolute atomic E-state index is 0.245. The quantitative estimate of drug-likeness (QED) is 0.539. The second kappa shape index (κ2) is 30.4. The lowest BCUT2D eigenvalue weighted by molar-refractivity contribution is -0.137. The number of benzene rings is 1. The molecule has 0 spiro atoms. The van der Waals surface area contributed by atoms with Crippen molar-refractivity contribution in [2.45, 2.75) is 34.6 Å². The molecule has 0 heterocycles. The Morgan fingerprint density at radius 2 is 1.30 bits per heavy atom. The van der Waals surface area contributed by atoms with Crippen molar-refractivity contribution in [1.82, 2.24) is 0 Å². The molecule has 1 aromatic rings. The van der Waals surface area contributed by atoms with Crippen LogP contribution in [0.5, 0.6) is 0 Å². The molecule has 4 heteroatoms. The van der Waals surface area contributed by atoms with Gasteiger partial charge in [0, 0.05) is 21.1 Å². The van der Waals surface area contributed by atoms with Crippen LogP contribution in [0.1, 0.15) is 33.3 Å². The van der Waals surface area contributed by atoms with Gasteiger partial charge < -0.3 is 14.3 Å². The molecule has 20 heavy (non-hydrogen) atoms. The highest BCUT2D eigenvalue weighted by Gasteiger charge is 1.75. The van der Waals surface area contributed by atoms with Crippen LogP contribution in [0.25, 0.3) is 0 Å². The van der Waals surface area contributed by atoms with E-state index >= 15 is 0 Å². The number of methoxy groups -OCH3 is 2. The maximum absolute atomic E-state index is 9.59. The predicted molar refractivity (Wildman–Crippen MR) is 84.9 cm³/mol. The molecule has 0 fully saturated rings. The first kappa shape index (κ1) is 26.8. The van der Waals surface area contributed by atoms with E-state index in [1.54, 1.807) is 14.2 Å². The monoisotopic (exact) mass is 286 g/mol. The van der Waals surface area contributed by atoms with E-state index in [1.807, 2.05) is 32.0 Å². The number of esters is 1. The van der Waals surface area contributed by atoms with Crippen LogP contribution >= 0.6 is 0 Å². The average Bonchev–Trinajstić information content (AvgIpc) is 2.44. The topological polar surface area (TPSA) is 52.6 Å². The summed E-state index contributed by atoms with van der Waals surface area (Å²) in [5, 5.41) is 0. The maximum atomic E-state index is 9.59. The highest BCUT2D eigenvalue weighted by atomic mass is 16.5. The third kappa shape index (κ3) is 55.3. The highest BCUT2D eigenvalue weighted by molar-refractivity contribution is 5.65. The first-order valence-electron chi connectivity index (χ1n) is 6.36. The molecule has 1 rings (SSSR count). The summed E-state index contributed by atoms with van der Waals surface area (Å²) in [7, 11) is 4.60. The molecule has 0 aliphatic carbocycles. The largest absolute Gasteiger partial charge is 0.469 e. The van der Waals surface area contributed by atoms with E-state index in [-0.39, 0.29) is 5.97 Å². The summed E-state index contributed by atoms with van der Waals surface area (Å²) in [5.41, 5.74) is 1.32. The number of hydrogen-bond acceptors (Lipinski definition) is 4. The zero-order valence-corrected chi connectivity index (χ0v) is 14.1. The maximum Gasteiger partial charge on any atom is 0.302 e. The van der Waals surface area contributed by atoms with Crippen molar-refractivity contribution in [2.24, 2.45) is 0 Å². The second-order valence-electron chi connectivity index (χ2n) is 2.99. The van der Waals surface area contributed by atoms with Gasteiger partial charge >= 0.3 is 5.97 Å². The smallest absolute Gasteiger partial charge is 0.302 e. The van der Waals surface area contributed by atoms with Gasteiger partial charge in [0.2, 0.25) is 0 Å². The Bertz CT molecular complexity index is 271. The van der Waals surface area contributed by atoms with Crippen molar-refractivity contribution in [3.05, 3.63) is 35.9 Å². The van der Waals surface area contributed by atoms with Gasteiger partial charge in [0.05, 0.1) is 7.11 Å². The van der Waals surface area contributed by atoms with Gasteiger partial charge in [0.25, 0.3) is 0 Å². The summed E-state index contributed by atoms with van der Waals surface area (Å²) < 4.78 is 8.36. The van der Waals surface area contributed by atoms with Gasteiger partial charge in [0.1, 0.15) is 6.29 Å². The molecule has 0 radical (unpaired) electrons. The highest BCUT2D eigenvalue weighted by Crippen LogP contribution is 1.92. The van der Waals surface area contributed by atoms with Gasteiger partial charge in [-0.2, -0.15) is 0 Å². The molecular weight excluding hydrogens is 256 g/mol. The number of carbonyl (C=O) groups is 2. The van der Waals surface area contributed by atoms with Crippen LogP contribution in [0, 0.1) is 6.92 Å². The van der Waals surface area contributed by atoms with E-state index in [9.17, 15) is 4.79 Å². The Hall–Kier alpha value is -1.68. The summed E-state index contributed by atoms with van der Waals surface area (Å²) in [6.07, 6.45) is 0.750. The molecule has 0 unspecified atom stereocenters. The van der Waals surface area contributed by atoms with Crippen LogP contribution in [0.15, 0.2) is 30.3 Å².